The fraction of sp³-hybridized carbons (Fsp3) is 0.526. The molecule has 0 spiro atoms. The normalized spacial score (nSPS) is 19.3. The van der Waals surface area contributed by atoms with Crippen molar-refractivity contribution in [3.63, 3.8) is 0 Å². The monoisotopic (exact) mass is 363 g/mol. The molecule has 1 fully saturated rings. The van der Waals surface area contributed by atoms with Crippen molar-refractivity contribution in [3.05, 3.63) is 23.8 Å². The van der Waals surface area contributed by atoms with Gasteiger partial charge in [-0.3, -0.25) is 9.59 Å². The lowest BCUT2D eigenvalue weighted by Gasteiger charge is -2.29. The van der Waals surface area contributed by atoms with Crippen LogP contribution in [-0.4, -0.2) is 44.5 Å². The van der Waals surface area contributed by atoms with Gasteiger partial charge in [-0.05, 0) is 37.0 Å². The van der Waals surface area contributed by atoms with Crippen LogP contribution in [0.1, 0.15) is 43.0 Å². The van der Waals surface area contributed by atoms with Crippen molar-refractivity contribution in [2.75, 3.05) is 20.3 Å². The Bertz CT molecular complexity index is 645. The molecule has 7 heteroatoms. The summed E-state index contributed by atoms with van der Waals surface area (Å²) < 4.78 is 15.4. The van der Waals surface area contributed by atoms with E-state index in [1.807, 2.05) is 0 Å². The highest BCUT2D eigenvalue weighted by molar-refractivity contribution is 5.81. The molecular formula is C19H25NO6. The number of benzene rings is 1. The van der Waals surface area contributed by atoms with E-state index in [0.29, 0.717) is 29.3 Å². The predicted octanol–water partition coefficient (Wildman–Crippen LogP) is 2.12. The van der Waals surface area contributed by atoms with Gasteiger partial charge < -0.3 is 19.5 Å². The van der Waals surface area contributed by atoms with Crippen LogP contribution in [0.3, 0.4) is 0 Å². The van der Waals surface area contributed by atoms with E-state index in [-0.39, 0.29) is 25.2 Å². The van der Waals surface area contributed by atoms with E-state index in [0.717, 1.165) is 19.3 Å². The lowest BCUT2D eigenvalue weighted by atomic mass is 9.86. The summed E-state index contributed by atoms with van der Waals surface area (Å²) in [6, 6.07) is 4.74. The number of hydrogen-bond acceptors (Lipinski definition) is 6. The van der Waals surface area contributed by atoms with Crippen molar-refractivity contribution in [1.29, 1.82) is 0 Å². The molecule has 1 saturated carbocycles. The molecule has 7 nitrogen and oxygen atoms in total. The molecule has 1 aliphatic rings. The second-order valence-electron chi connectivity index (χ2n) is 6.41. The number of ether oxygens (including phenoxy) is 3. The van der Waals surface area contributed by atoms with Crippen LogP contribution in [0, 0.1) is 5.92 Å². The molecule has 26 heavy (non-hydrogen) atoms. The molecule has 0 saturated heterocycles. The summed E-state index contributed by atoms with van der Waals surface area (Å²) in [6.07, 6.45) is 5.04. The van der Waals surface area contributed by atoms with Crippen molar-refractivity contribution in [2.45, 2.75) is 38.6 Å². The first-order valence-corrected chi connectivity index (χ1v) is 8.74. The fourth-order valence-corrected chi connectivity index (χ4v) is 2.98. The Morgan fingerprint density at radius 2 is 1.96 bits per heavy atom. The minimum atomic E-state index is -0.654. The molecule has 2 rings (SSSR count). The van der Waals surface area contributed by atoms with Crippen molar-refractivity contribution in [1.82, 2.24) is 5.32 Å². The van der Waals surface area contributed by atoms with Gasteiger partial charge in [0, 0.05) is 11.6 Å². The Labute approximate surface area is 153 Å². The van der Waals surface area contributed by atoms with Gasteiger partial charge in [-0.15, -0.1) is 0 Å². The van der Waals surface area contributed by atoms with Crippen molar-refractivity contribution in [3.8, 4) is 11.5 Å². The van der Waals surface area contributed by atoms with Gasteiger partial charge in [-0.2, -0.15) is 0 Å². The quantitative estimate of drug-likeness (QED) is 0.562. The second kappa shape index (κ2) is 9.79. The number of hydrogen-bond donors (Lipinski definition) is 1. The van der Waals surface area contributed by atoms with Gasteiger partial charge in [0.25, 0.3) is 5.91 Å². The van der Waals surface area contributed by atoms with Gasteiger partial charge in [0.2, 0.25) is 0 Å². The average molecular weight is 363 g/mol. The van der Waals surface area contributed by atoms with E-state index < -0.39 is 5.97 Å². The van der Waals surface area contributed by atoms with E-state index in [4.69, 9.17) is 14.2 Å². The first-order valence-electron chi connectivity index (χ1n) is 8.74. The summed E-state index contributed by atoms with van der Waals surface area (Å²) in [5, 5.41) is 2.92. The van der Waals surface area contributed by atoms with Gasteiger partial charge >= 0.3 is 5.97 Å². The molecule has 1 amide bonds. The van der Waals surface area contributed by atoms with E-state index in [1.54, 1.807) is 6.07 Å². The Balaban J connectivity index is 1.75. The molecule has 0 unspecified atom stereocenters. The smallest absolute Gasteiger partial charge is 0.344 e. The van der Waals surface area contributed by atoms with Crippen LogP contribution in [0.15, 0.2) is 18.2 Å². The molecule has 1 aliphatic carbocycles. The maximum absolute atomic E-state index is 11.9. The second-order valence-corrected chi connectivity index (χ2v) is 6.41. The minimum Gasteiger partial charge on any atom is -0.493 e. The Hall–Kier alpha value is -2.57. The summed E-state index contributed by atoms with van der Waals surface area (Å²) >= 11 is 0. The maximum atomic E-state index is 11.9. The van der Waals surface area contributed by atoms with Crippen molar-refractivity contribution >= 4 is 18.2 Å². The molecular weight excluding hydrogens is 338 g/mol. The molecule has 0 aromatic heterocycles. The van der Waals surface area contributed by atoms with Gasteiger partial charge in [-0.25, -0.2) is 4.79 Å². The van der Waals surface area contributed by atoms with Crippen LogP contribution in [-0.2, 0) is 14.3 Å². The largest absolute Gasteiger partial charge is 0.493 e. The van der Waals surface area contributed by atoms with Crippen LogP contribution in [0.4, 0.5) is 0 Å². The van der Waals surface area contributed by atoms with Crippen LogP contribution in [0.5, 0.6) is 11.5 Å². The molecule has 1 aromatic rings. The number of carbonyl (C=O) groups excluding carboxylic acids is 3. The molecule has 0 radical (unpaired) electrons. The lowest BCUT2D eigenvalue weighted by Crippen LogP contribution is -2.43. The first kappa shape index (κ1) is 19.8. The third-order valence-corrected chi connectivity index (χ3v) is 4.49. The molecule has 142 valence electrons. The Morgan fingerprint density at radius 3 is 2.65 bits per heavy atom. The average Bonchev–Trinajstić information content (AvgIpc) is 2.66. The van der Waals surface area contributed by atoms with E-state index in [2.05, 4.69) is 12.2 Å². The minimum absolute atomic E-state index is 0.145. The van der Waals surface area contributed by atoms with Crippen LogP contribution >= 0.6 is 0 Å². The zero-order valence-corrected chi connectivity index (χ0v) is 15.2. The molecule has 1 N–H and O–H groups in total. The predicted molar refractivity (Wildman–Crippen MR) is 94.4 cm³/mol. The number of esters is 1. The lowest BCUT2D eigenvalue weighted by molar-refractivity contribution is -0.150. The van der Waals surface area contributed by atoms with Crippen molar-refractivity contribution < 1.29 is 28.6 Å². The van der Waals surface area contributed by atoms with E-state index in [9.17, 15) is 14.4 Å². The van der Waals surface area contributed by atoms with E-state index >= 15 is 0 Å². The zero-order valence-electron chi connectivity index (χ0n) is 15.2. The van der Waals surface area contributed by atoms with Crippen molar-refractivity contribution in [2.24, 2.45) is 5.92 Å². The first-order chi connectivity index (χ1) is 12.5. The highest BCUT2D eigenvalue weighted by atomic mass is 16.6. The van der Waals surface area contributed by atoms with E-state index in [1.165, 1.54) is 25.7 Å². The van der Waals surface area contributed by atoms with Crippen LogP contribution in [0.25, 0.3) is 0 Å². The van der Waals surface area contributed by atoms with Gasteiger partial charge in [-0.1, -0.05) is 19.8 Å². The summed E-state index contributed by atoms with van der Waals surface area (Å²) in [4.78, 5) is 34.5. The molecule has 0 bridgehead atoms. The molecule has 0 aliphatic heterocycles. The number of methoxy groups -OCH3 is 1. The fourth-order valence-electron chi connectivity index (χ4n) is 2.98. The van der Waals surface area contributed by atoms with Gasteiger partial charge in [0.15, 0.2) is 24.7 Å². The third kappa shape index (κ3) is 5.75. The summed E-state index contributed by atoms with van der Waals surface area (Å²) in [5.74, 6) is 0.138. The third-order valence-electron chi connectivity index (χ3n) is 4.49. The zero-order chi connectivity index (χ0) is 18.9. The maximum Gasteiger partial charge on any atom is 0.344 e. The van der Waals surface area contributed by atoms with Crippen LogP contribution < -0.4 is 14.8 Å². The summed E-state index contributed by atoms with van der Waals surface area (Å²) in [7, 11) is 1.44. The number of rotatable bonds is 8. The summed E-state index contributed by atoms with van der Waals surface area (Å²) in [5.41, 5.74) is 0.436. The number of aldehydes is 1. The molecule has 0 heterocycles. The summed E-state index contributed by atoms with van der Waals surface area (Å²) in [6.45, 7) is 1.43. The number of carbonyl (C=O) groups is 3. The van der Waals surface area contributed by atoms with Gasteiger partial charge in [0.1, 0.15) is 6.29 Å². The SMILES string of the molecule is COc1cc(C=O)ccc1OCC(=O)OCC(=O)N[C@H]1CCCC[C@@H]1C. The number of amides is 1. The molecule has 1 aromatic carbocycles. The topological polar surface area (TPSA) is 90.9 Å². The Kier molecular flexibility index (Phi) is 7.44. The molecule has 2 atom stereocenters. The highest BCUT2D eigenvalue weighted by Gasteiger charge is 2.23. The van der Waals surface area contributed by atoms with Gasteiger partial charge in [0.05, 0.1) is 7.11 Å². The highest BCUT2D eigenvalue weighted by Crippen LogP contribution is 2.27. The Morgan fingerprint density at radius 1 is 1.19 bits per heavy atom. The number of nitrogens with one attached hydrogen (secondary N) is 1. The standard InChI is InChI=1S/C19H25NO6/c1-13-5-3-4-6-15(13)20-18(22)11-26-19(23)12-25-16-8-7-14(10-21)9-17(16)24-2/h7-10,13,15H,3-6,11-12H2,1-2H3,(H,20,22)/t13-,15-/m0/s1. The van der Waals surface area contributed by atoms with Crippen LogP contribution in [0.2, 0.25) is 0 Å².